The second-order valence-corrected chi connectivity index (χ2v) is 6.61. The van der Waals surface area contributed by atoms with Crippen molar-refractivity contribution < 1.29 is 14.3 Å². The van der Waals surface area contributed by atoms with Crippen molar-refractivity contribution in [1.29, 1.82) is 0 Å². The van der Waals surface area contributed by atoms with Crippen LogP contribution in [0.3, 0.4) is 0 Å². The molecule has 2 heterocycles. The minimum atomic E-state index is -0.676. The van der Waals surface area contributed by atoms with E-state index in [0.717, 1.165) is 22.6 Å². The number of ether oxygens (including phenoxy) is 1. The average Bonchev–Trinajstić information content (AvgIpc) is 3.16. The Morgan fingerprint density at radius 2 is 1.89 bits per heavy atom. The molecule has 3 aromatic rings. The summed E-state index contributed by atoms with van der Waals surface area (Å²) in [6.45, 7) is 1.89. The number of amides is 2. The molecule has 28 heavy (non-hydrogen) atoms. The van der Waals surface area contributed by atoms with Crippen LogP contribution >= 0.6 is 0 Å². The number of para-hydroxylation sites is 1. The van der Waals surface area contributed by atoms with Crippen molar-refractivity contribution in [2.24, 2.45) is 0 Å². The molecule has 7 nitrogen and oxygen atoms in total. The van der Waals surface area contributed by atoms with Crippen molar-refractivity contribution >= 4 is 23.3 Å². The molecule has 0 saturated carbocycles. The number of carbonyl (C=O) groups is 2. The van der Waals surface area contributed by atoms with Crippen LogP contribution in [0, 0.1) is 6.92 Å². The summed E-state index contributed by atoms with van der Waals surface area (Å²) in [6.07, 6.45) is 0.0108. The summed E-state index contributed by atoms with van der Waals surface area (Å²) in [7, 11) is 1.61. The fourth-order valence-electron chi connectivity index (χ4n) is 3.40. The predicted molar refractivity (Wildman–Crippen MR) is 106 cm³/mol. The van der Waals surface area contributed by atoms with Gasteiger partial charge in [-0.3, -0.25) is 9.59 Å². The van der Waals surface area contributed by atoms with Gasteiger partial charge < -0.3 is 15.4 Å². The van der Waals surface area contributed by atoms with Crippen molar-refractivity contribution in [3.63, 3.8) is 0 Å². The van der Waals surface area contributed by atoms with Gasteiger partial charge in [0.1, 0.15) is 17.6 Å². The van der Waals surface area contributed by atoms with Crippen molar-refractivity contribution in [2.75, 3.05) is 17.7 Å². The molecule has 1 aliphatic heterocycles. The SMILES string of the molecule is COc1ccc(-c2c(C)nn3c2NC(=O)C3CC(=O)Nc2ccccc2)cc1. The lowest BCUT2D eigenvalue weighted by Gasteiger charge is -2.10. The van der Waals surface area contributed by atoms with E-state index >= 15 is 0 Å². The largest absolute Gasteiger partial charge is 0.497 e. The van der Waals surface area contributed by atoms with Gasteiger partial charge in [0.2, 0.25) is 5.91 Å². The first kappa shape index (κ1) is 17.8. The number of nitrogens with zero attached hydrogens (tertiary/aromatic N) is 2. The smallest absolute Gasteiger partial charge is 0.251 e. The molecule has 1 unspecified atom stereocenters. The van der Waals surface area contributed by atoms with Gasteiger partial charge in [0, 0.05) is 11.3 Å². The lowest BCUT2D eigenvalue weighted by molar-refractivity contribution is -0.123. The van der Waals surface area contributed by atoms with Gasteiger partial charge in [-0.05, 0) is 36.8 Å². The van der Waals surface area contributed by atoms with Gasteiger partial charge >= 0.3 is 0 Å². The predicted octanol–water partition coefficient (Wildman–Crippen LogP) is 3.39. The van der Waals surface area contributed by atoms with Crippen LogP contribution in [0.15, 0.2) is 54.6 Å². The van der Waals surface area contributed by atoms with Gasteiger partial charge in [-0.25, -0.2) is 4.68 Å². The summed E-state index contributed by atoms with van der Waals surface area (Å²) in [5, 5.41) is 10.2. The summed E-state index contributed by atoms with van der Waals surface area (Å²) in [5.41, 5.74) is 3.26. The van der Waals surface area contributed by atoms with Crippen molar-refractivity contribution in [2.45, 2.75) is 19.4 Å². The third kappa shape index (κ3) is 3.22. The maximum Gasteiger partial charge on any atom is 0.251 e. The highest BCUT2D eigenvalue weighted by atomic mass is 16.5. The Kier molecular flexibility index (Phi) is 4.57. The molecule has 142 valence electrons. The maximum atomic E-state index is 12.5. The second kappa shape index (κ2) is 7.19. The number of carbonyl (C=O) groups excluding carboxylic acids is 2. The Labute approximate surface area is 162 Å². The van der Waals surface area contributed by atoms with Gasteiger partial charge in [0.15, 0.2) is 0 Å². The zero-order chi connectivity index (χ0) is 19.7. The van der Waals surface area contributed by atoms with Crippen LogP contribution in [-0.4, -0.2) is 28.7 Å². The molecule has 1 aromatic heterocycles. The summed E-state index contributed by atoms with van der Waals surface area (Å²) >= 11 is 0. The van der Waals surface area contributed by atoms with Crippen LogP contribution in [0.4, 0.5) is 11.5 Å². The minimum absolute atomic E-state index is 0.0108. The number of hydrogen-bond acceptors (Lipinski definition) is 4. The Morgan fingerprint density at radius 3 is 2.57 bits per heavy atom. The molecule has 0 aliphatic carbocycles. The monoisotopic (exact) mass is 376 g/mol. The van der Waals surface area contributed by atoms with E-state index in [1.54, 1.807) is 23.9 Å². The van der Waals surface area contributed by atoms with Crippen molar-refractivity contribution in [3.8, 4) is 16.9 Å². The number of aryl methyl sites for hydroxylation is 1. The van der Waals surface area contributed by atoms with Crippen LogP contribution in [-0.2, 0) is 9.59 Å². The lowest BCUT2D eigenvalue weighted by atomic mass is 10.1. The first-order chi connectivity index (χ1) is 13.6. The molecule has 0 spiro atoms. The van der Waals surface area contributed by atoms with E-state index in [1.807, 2.05) is 49.4 Å². The Bertz CT molecular complexity index is 1030. The first-order valence-electron chi connectivity index (χ1n) is 8.96. The highest BCUT2D eigenvalue weighted by Crippen LogP contribution is 2.38. The lowest BCUT2D eigenvalue weighted by Crippen LogP contribution is -2.23. The Hall–Kier alpha value is -3.61. The quantitative estimate of drug-likeness (QED) is 0.715. The topological polar surface area (TPSA) is 85.2 Å². The summed E-state index contributed by atoms with van der Waals surface area (Å²) in [6, 6.07) is 16.1. The number of fused-ring (bicyclic) bond motifs is 1. The first-order valence-corrected chi connectivity index (χ1v) is 8.96. The van der Waals surface area contributed by atoms with E-state index in [4.69, 9.17) is 4.74 Å². The third-order valence-electron chi connectivity index (χ3n) is 4.74. The van der Waals surface area contributed by atoms with E-state index in [-0.39, 0.29) is 18.2 Å². The molecule has 1 atom stereocenters. The van der Waals surface area contributed by atoms with Crippen molar-refractivity contribution in [3.05, 3.63) is 60.3 Å². The number of benzene rings is 2. The number of aromatic nitrogens is 2. The maximum absolute atomic E-state index is 12.5. The van der Waals surface area contributed by atoms with Crippen LogP contribution in [0.1, 0.15) is 18.2 Å². The fraction of sp³-hybridized carbons (Fsp3) is 0.190. The van der Waals surface area contributed by atoms with Gasteiger partial charge in [0.25, 0.3) is 5.91 Å². The second-order valence-electron chi connectivity index (χ2n) is 6.61. The molecule has 4 rings (SSSR count). The normalized spacial score (nSPS) is 15.1. The summed E-state index contributed by atoms with van der Waals surface area (Å²) in [4.78, 5) is 24.9. The van der Waals surface area contributed by atoms with Crippen molar-refractivity contribution in [1.82, 2.24) is 9.78 Å². The number of methoxy groups -OCH3 is 1. The van der Waals surface area contributed by atoms with Gasteiger partial charge in [-0.15, -0.1) is 0 Å². The molecule has 0 fully saturated rings. The zero-order valence-electron chi connectivity index (χ0n) is 15.6. The van der Waals surface area contributed by atoms with Crippen LogP contribution in [0.5, 0.6) is 5.75 Å². The summed E-state index contributed by atoms with van der Waals surface area (Å²) in [5.74, 6) is 0.897. The van der Waals surface area contributed by atoms with Gasteiger partial charge in [0.05, 0.1) is 19.2 Å². The van der Waals surface area contributed by atoms with E-state index in [0.29, 0.717) is 11.5 Å². The number of rotatable bonds is 5. The van der Waals surface area contributed by atoms with E-state index in [9.17, 15) is 9.59 Å². The molecular weight excluding hydrogens is 356 g/mol. The molecule has 7 heteroatoms. The molecular formula is C21H20N4O3. The minimum Gasteiger partial charge on any atom is -0.497 e. The molecule has 0 radical (unpaired) electrons. The highest BCUT2D eigenvalue weighted by molar-refractivity contribution is 6.04. The fourth-order valence-corrected chi connectivity index (χ4v) is 3.40. The van der Waals surface area contributed by atoms with E-state index in [1.165, 1.54) is 0 Å². The highest BCUT2D eigenvalue weighted by Gasteiger charge is 2.36. The molecule has 2 N–H and O–H groups in total. The van der Waals surface area contributed by atoms with Crippen LogP contribution in [0.2, 0.25) is 0 Å². The number of nitrogens with one attached hydrogen (secondary N) is 2. The van der Waals surface area contributed by atoms with Gasteiger partial charge in [-0.1, -0.05) is 30.3 Å². The molecule has 0 saturated heterocycles. The standard InChI is InChI=1S/C21H20N4O3/c1-13-19(14-8-10-16(28-2)11-9-14)20-23-21(27)17(25(20)24-13)12-18(26)22-15-6-4-3-5-7-15/h3-11,17H,12H2,1-2H3,(H,22,26)(H,23,27). The Morgan fingerprint density at radius 1 is 1.18 bits per heavy atom. The molecule has 2 aromatic carbocycles. The zero-order valence-corrected chi connectivity index (χ0v) is 15.6. The number of hydrogen-bond donors (Lipinski definition) is 2. The van der Waals surface area contributed by atoms with E-state index < -0.39 is 6.04 Å². The third-order valence-corrected chi connectivity index (χ3v) is 4.74. The van der Waals surface area contributed by atoms with Crippen LogP contribution in [0.25, 0.3) is 11.1 Å². The van der Waals surface area contributed by atoms with E-state index in [2.05, 4.69) is 15.7 Å². The van der Waals surface area contributed by atoms with Crippen LogP contribution < -0.4 is 15.4 Å². The van der Waals surface area contributed by atoms with Gasteiger partial charge in [-0.2, -0.15) is 5.10 Å². The molecule has 2 amide bonds. The molecule has 0 bridgehead atoms. The summed E-state index contributed by atoms with van der Waals surface area (Å²) < 4.78 is 6.81. The Balaban J connectivity index is 1.58. The number of anilines is 2. The average molecular weight is 376 g/mol. The molecule has 1 aliphatic rings.